The van der Waals surface area contributed by atoms with E-state index in [1.807, 2.05) is 12.1 Å². The van der Waals surface area contributed by atoms with Crippen LogP contribution in [0.25, 0.3) is 10.9 Å². The second-order valence-corrected chi connectivity index (χ2v) is 3.86. The number of para-hydroxylation sites is 1. The van der Waals surface area contributed by atoms with E-state index in [1.54, 1.807) is 6.07 Å². The molecule has 0 aliphatic rings. The summed E-state index contributed by atoms with van der Waals surface area (Å²) >= 11 is 5.98. The minimum atomic E-state index is -0.322. The third kappa shape index (κ3) is 1.95. The fourth-order valence-electron chi connectivity index (χ4n) is 1.63. The van der Waals surface area contributed by atoms with Gasteiger partial charge < -0.3 is 0 Å². The lowest BCUT2D eigenvalue weighted by Gasteiger charge is -2.05. The summed E-state index contributed by atoms with van der Waals surface area (Å²) in [5.41, 5.74) is 1.33. The molecule has 0 radical (unpaired) electrons. The molecule has 0 atom stereocenters. The van der Waals surface area contributed by atoms with Crippen LogP contribution in [-0.4, -0.2) is 4.98 Å². The lowest BCUT2D eigenvalue weighted by Crippen LogP contribution is -1.91. The number of rotatable bonds is 2. The van der Waals surface area contributed by atoms with Gasteiger partial charge in [-0.3, -0.25) is 0 Å². The molecule has 0 fully saturated rings. The number of aryl methyl sites for hydroxylation is 1. The van der Waals surface area contributed by atoms with Crippen molar-refractivity contribution in [3.8, 4) is 0 Å². The first kappa shape index (κ1) is 10.4. The first-order valence-electron chi connectivity index (χ1n) is 4.96. The van der Waals surface area contributed by atoms with Crippen molar-refractivity contribution >= 4 is 22.5 Å². The summed E-state index contributed by atoms with van der Waals surface area (Å²) in [6.45, 7) is 2.08. The van der Waals surface area contributed by atoms with Crippen LogP contribution in [-0.2, 0) is 6.42 Å². The van der Waals surface area contributed by atoms with Gasteiger partial charge in [-0.05, 0) is 24.1 Å². The molecule has 0 bridgehead atoms. The molecule has 15 heavy (non-hydrogen) atoms. The van der Waals surface area contributed by atoms with Gasteiger partial charge in [-0.1, -0.05) is 37.1 Å². The van der Waals surface area contributed by atoms with E-state index in [-0.39, 0.29) is 5.82 Å². The molecule has 0 saturated heterocycles. The molecule has 0 N–H and O–H groups in total. The van der Waals surface area contributed by atoms with Crippen LogP contribution in [0.15, 0.2) is 24.3 Å². The van der Waals surface area contributed by atoms with E-state index in [4.69, 9.17) is 11.6 Å². The van der Waals surface area contributed by atoms with Gasteiger partial charge in [0, 0.05) is 5.39 Å². The first-order valence-corrected chi connectivity index (χ1v) is 5.34. The molecule has 1 heterocycles. The number of aromatic nitrogens is 1. The fraction of sp³-hybridized carbons (Fsp3) is 0.250. The van der Waals surface area contributed by atoms with Crippen LogP contribution in [0.4, 0.5) is 4.39 Å². The summed E-state index contributed by atoms with van der Waals surface area (Å²) in [4.78, 5) is 4.08. The Labute approximate surface area is 92.9 Å². The Balaban J connectivity index is 2.65. The number of hydrogen-bond donors (Lipinski definition) is 0. The second kappa shape index (κ2) is 4.15. The molecule has 0 spiro atoms. The predicted octanol–water partition coefficient (Wildman–Crippen LogP) is 3.98. The molecule has 0 unspecified atom stereocenters. The van der Waals surface area contributed by atoms with E-state index in [9.17, 15) is 4.39 Å². The first-order chi connectivity index (χ1) is 7.22. The molecular weight excluding hydrogens is 213 g/mol. The number of nitrogens with zero attached hydrogens (tertiary/aromatic N) is 1. The van der Waals surface area contributed by atoms with E-state index in [0.29, 0.717) is 10.7 Å². The monoisotopic (exact) mass is 223 g/mol. The minimum absolute atomic E-state index is 0.322. The smallest absolute Gasteiger partial charge is 0.149 e. The van der Waals surface area contributed by atoms with Gasteiger partial charge >= 0.3 is 0 Å². The average molecular weight is 224 g/mol. The van der Waals surface area contributed by atoms with Gasteiger partial charge in [-0.2, -0.15) is 0 Å². The Hall–Kier alpha value is -1.15. The molecular formula is C12H11ClFN. The molecule has 0 aliphatic carbocycles. The molecule has 2 aromatic rings. The highest BCUT2D eigenvalue weighted by Crippen LogP contribution is 2.23. The third-order valence-corrected chi connectivity index (χ3v) is 2.67. The summed E-state index contributed by atoms with van der Waals surface area (Å²) < 4.78 is 13.4. The zero-order valence-corrected chi connectivity index (χ0v) is 9.18. The molecule has 2 rings (SSSR count). The quantitative estimate of drug-likeness (QED) is 0.702. The number of pyridine rings is 1. The molecule has 1 aromatic heterocycles. The molecule has 0 saturated carbocycles. The highest BCUT2D eigenvalue weighted by molar-refractivity contribution is 6.30. The number of benzene rings is 1. The summed E-state index contributed by atoms with van der Waals surface area (Å²) in [5, 5.41) is 1.22. The summed E-state index contributed by atoms with van der Waals surface area (Å²) in [5.74, 6) is -0.322. The van der Waals surface area contributed by atoms with Crippen molar-refractivity contribution in [1.29, 1.82) is 0 Å². The van der Waals surface area contributed by atoms with E-state index < -0.39 is 0 Å². The van der Waals surface area contributed by atoms with Crippen molar-refractivity contribution in [2.75, 3.05) is 0 Å². The summed E-state index contributed by atoms with van der Waals surface area (Å²) in [6, 6.07) is 6.84. The van der Waals surface area contributed by atoms with E-state index in [0.717, 1.165) is 23.8 Å². The summed E-state index contributed by atoms with van der Waals surface area (Å²) in [7, 11) is 0. The van der Waals surface area contributed by atoms with Crippen LogP contribution in [0.3, 0.4) is 0 Å². The van der Waals surface area contributed by atoms with Crippen molar-refractivity contribution < 1.29 is 4.39 Å². The average Bonchev–Trinajstić information content (AvgIpc) is 2.21. The Morgan fingerprint density at radius 3 is 2.93 bits per heavy atom. The summed E-state index contributed by atoms with van der Waals surface area (Å²) in [6.07, 6.45) is 1.88. The molecule has 0 amide bonds. The maximum Gasteiger partial charge on any atom is 0.149 e. The van der Waals surface area contributed by atoms with Crippen molar-refractivity contribution in [1.82, 2.24) is 4.98 Å². The van der Waals surface area contributed by atoms with E-state index >= 15 is 0 Å². The second-order valence-electron chi connectivity index (χ2n) is 3.50. The molecule has 1 aromatic carbocycles. The molecule has 78 valence electrons. The van der Waals surface area contributed by atoms with E-state index in [1.165, 1.54) is 6.07 Å². The highest BCUT2D eigenvalue weighted by Gasteiger charge is 2.07. The Morgan fingerprint density at radius 2 is 2.20 bits per heavy atom. The molecule has 1 nitrogen and oxygen atoms in total. The van der Waals surface area contributed by atoms with Crippen LogP contribution < -0.4 is 0 Å². The highest BCUT2D eigenvalue weighted by atomic mass is 35.5. The van der Waals surface area contributed by atoms with Gasteiger partial charge in [0.05, 0.1) is 0 Å². The lowest BCUT2D eigenvalue weighted by molar-refractivity contribution is 0.636. The number of fused-ring (bicyclic) bond motifs is 1. The van der Waals surface area contributed by atoms with Gasteiger partial charge in [0.1, 0.15) is 16.5 Å². The van der Waals surface area contributed by atoms with Gasteiger partial charge in [-0.25, -0.2) is 9.37 Å². The SMILES string of the molecule is CCCc1cc2cccc(F)c2nc1Cl. The zero-order chi connectivity index (χ0) is 10.8. The van der Waals surface area contributed by atoms with Gasteiger partial charge in [0.2, 0.25) is 0 Å². The Morgan fingerprint density at radius 1 is 1.40 bits per heavy atom. The number of halogens is 2. The normalized spacial score (nSPS) is 10.9. The Bertz CT molecular complexity index is 496. The molecule has 0 aliphatic heterocycles. The zero-order valence-electron chi connectivity index (χ0n) is 8.43. The molecule has 3 heteroatoms. The van der Waals surface area contributed by atoms with Crippen LogP contribution in [0.2, 0.25) is 5.15 Å². The number of hydrogen-bond acceptors (Lipinski definition) is 1. The van der Waals surface area contributed by atoms with E-state index in [2.05, 4.69) is 11.9 Å². The maximum atomic E-state index is 13.4. The van der Waals surface area contributed by atoms with Crippen LogP contribution in [0.5, 0.6) is 0 Å². The maximum absolute atomic E-state index is 13.4. The fourth-order valence-corrected chi connectivity index (χ4v) is 1.86. The Kier molecular flexibility index (Phi) is 2.87. The van der Waals surface area contributed by atoms with Crippen LogP contribution in [0, 0.1) is 5.82 Å². The van der Waals surface area contributed by atoms with Crippen molar-refractivity contribution in [3.63, 3.8) is 0 Å². The lowest BCUT2D eigenvalue weighted by atomic mass is 10.1. The van der Waals surface area contributed by atoms with Gasteiger partial charge in [0.15, 0.2) is 0 Å². The topological polar surface area (TPSA) is 12.9 Å². The van der Waals surface area contributed by atoms with Crippen LogP contribution in [0.1, 0.15) is 18.9 Å². The minimum Gasteiger partial charge on any atom is -0.233 e. The van der Waals surface area contributed by atoms with Crippen LogP contribution >= 0.6 is 11.6 Å². The van der Waals surface area contributed by atoms with Crippen molar-refractivity contribution in [3.05, 3.63) is 40.8 Å². The van der Waals surface area contributed by atoms with Crippen molar-refractivity contribution in [2.45, 2.75) is 19.8 Å². The third-order valence-electron chi connectivity index (χ3n) is 2.34. The largest absolute Gasteiger partial charge is 0.233 e. The van der Waals surface area contributed by atoms with Crippen molar-refractivity contribution in [2.24, 2.45) is 0 Å². The van der Waals surface area contributed by atoms with Gasteiger partial charge in [-0.15, -0.1) is 0 Å². The van der Waals surface area contributed by atoms with Gasteiger partial charge in [0.25, 0.3) is 0 Å². The standard InChI is InChI=1S/C12H11ClFN/c1-2-4-9-7-8-5-3-6-10(14)11(8)15-12(9)13/h3,5-7H,2,4H2,1H3. The predicted molar refractivity (Wildman–Crippen MR) is 60.7 cm³/mol.